The van der Waals surface area contributed by atoms with Crippen LogP contribution in [0.5, 0.6) is 11.5 Å². The largest absolute Gasteiger partial charge is 0.490 e. The number of nitrogens with one attached hydrogen (secondary N) is 2. The van der Waals surface area contributed by atoms with E-state index in [2.05, 4.69) is 23.8 Å². The van der Waals surface area contributed by atoms with E-state index in [0.29, 0.717) is 50.6 Å². The van der Waals surface area contributed by atoms with E-state index < -0.39 is 47.4 Å². The Bertz CT molecular complexity index is 1460. The Kier molecular flexibility index (Phi) is 11.7. The van der Waals surface area contributed by atoms with Crippen molar-refractivity contribution < 1.29 is 38.1 Å². The average Bonchev–Trinajstić information content (AvgIpc) is 3.45. The number of alkyl carbamates (subject to hydrolysis) is 1. The van der Waals surface area contributed by atoms with Crippen LogP contribution in [0, 0.1) is 5.92 Å². The van der Waals surface area contributed by atoms with Crippen molar-refractivity contribution in [3.8, 4) is 11.5 Å². The van der Waals surface area contributed by atoms with Crippen molar-refractivity contribution >= 4 is 24.0 Å². The topological polar surface area (TPSA) is 136 Å². The van der Waals surface area contributed by atoms with Gasteiger partial charge in [-0.15, -0.1) is 13.2 Å². The fourth-order valence-electron chi connectivity index (χ4n) is 7.16. The minimum atomic E-state index is -0.925. The number of amides is 4. The minimum Gasteiger partial charge on any atom is -0.490 e. The quantitative estimate of drug-likeness (QED) is 0.196. The summed E-state index contributed by atoms with van der Waals surface area (Å²) in [6, 6.07) is 2.00. The second-order valence-electron chi connectivity index (χ2n) is 14.9. The molecular weight excluding hydrogens is 640 g/mol. The van der Waals surface area contributed by atoms with Gasteiger partial charge in [-0.3, -0.25) is 14.5 Å². The van der Waals surface area contributed by atoms with Gasteiger partial charge in [-0.25, -0.2) is 9.59 Å². The third-order valence-electron chi connectivity index (χ3n) is 10.0. The Hall–Kier alpha value is -4.22. The van der Waals surface area contributed by atoms with E-state index in [1.807, 2.05) is 31.2 Å². The first-order chi connectivity index (χ1) is 23.9. The number of nitrogens with zero attached hydrogens (tertiary/aromatic N) is 2. The van der Waals surface area contributed by atoms with Gasteiger partial charge in [0.15, 0.2) is 11.5 Å². The molecule has 5 atom stereocenters. The Labute approximate surface area is 295 Å². The van der Waals surface area contributed by atoms with Crippen molar-refractivity contribution in [2.75, 3.05) is 19.8 Å². The molecule has 1 aromatic carbocycles. The lowest BCUT2D eigenvalue weighted by atomic mass is 10.0. The van der Waals surface area contributed by atoms with E-state index in [-0.39, 0.29) is 24.8 Å². The maximum absolute atomic E-state index is 14.3. The van der Waals surface area contributed by atoms with Gasteiger partial charge in [-0.2, -0.15) is 0 Å². The fourth-order valence-corrected chi connectivity index (χ4v) is 7.16. The van der Waals surface area contributed by atoms with E-state index in [1.165, 1.54) is 4.90 Å². The highest BCUT2D eigenvalue weighted by atomic mass is 16.6. The van der Waals surface area contributed by atoms with Gasteiger partial charge in [-0.1, -0.05) is 38.0 Å². The number of unbranched alkanes of at least 4 members (excludes halogenated alkanes) is 3. The zero-order valence-corrected chi connectivity index (χ0v) is 30.1. The molecule has 1 saturated heterocycles. The monoisotopic (exact) mass is 694 g/mol. The molecule has 0 spiro atoms. The maximum atomic E-state index is 14.3. The lowest BCUT2D eigenvalue weighted by Crippen LogP contribution is -2.55. The van der Waals surface area contributed by atoms with Crippen molar-refractivity contribution in [3.05, 3.63) is 48.6 Å². The summed E-state index contributed by atoms with van der Waals surface area (Å²) in [5, 5.41) is 5.97. The molecule has 1 aliphatic carbocycles. The van der Waals surface area contributed by atoms with Crippen LogP contribution in [0.2, 0.25) is 0 Å². The standard InChI is InChI=1S/C38H54N4O8/c1-7-10-11-12-13-15-29(39-35(45)50-37(4,5)6)34(44)42-23-27(20-30(42)33(43)40-38(9-3)21-26(38)8-2)49-36(46)41-22-25-16-17-31-32(28(25)24-41)48-19-14-18-47-31/h7-8,16-17,26-27,29-30H,1-2,9-15,18-24H2,3-6H3,(H,39,45)(H,40,43)/t26-,27-,29+,30+,38-/m1/s1. The molecule has 50 heavy (non-hydrogen) atoms. The summed E-state index contributed by atoms with van der Waals surface area (Å²) < 4.78 is 23.3. The van der Waals surface area contributed by atoms with Gasteiger partial charge in [0.1, 0.15) is 23.8 Å². The second-order valence-corrected chi connectivity index (χ2v) is 14.9. The molecule has 1 saturated carbocycles. The fraction of sp³-hybridized carbons (Fsp3) is 0.632. The molecular formula is C38H54N4O8. The smallest absolute Gasteiger partial charge is 0.410 e. The molecule has 2 N–H and O–H groups in total. The number of rotatable bonds is 13. The number of hydrogen-bond acceptors (Lipinski definition) is 8. The van der Waals surface area contributed by atoms with Crippen LogP contribution in [0.25, 0.3) is 0 Å². The molecule has 274 valence electrons. The van der Waals surface area contributed by atoms with E-state index >= 15 is 0 Å². The molecule has 0 bridgehead atoms. The van der Waals surface area contributed by atoms with Gasteiger partial charge in [-0.05, 0) is 64.5 Å². The van der Waals surface area contributed by atoms with Crippen LogP contribution in [-0.2, 0) is 32.2 Å². The zero-order valence-electron chi connectivity index (χ0n) is 30.1. The maximum Gasteiger partial charge on any atom is 0.410 e. The van der Waals surface area contributed by atoms with Crippen LogP contribution in [0.3, 0.4) is 0 Å². The lowest BCUT2D eigenvalue weighted by molar-refractivity contribution is -0.140. The molecule has 2 fully saturated rings. The van der Waals surface area contributed by atoms with Crippen molar-refractivity contribution in [1.82, 2.24) is 20.4 Å². The summed E-state index contributed by atoms with van der Waals surface area (Å²) >= 11 is 0. The minimum absolute atomic E-state index is 0.0166. The van der Waals surface area contributed by atoms with Crippen LogP contribution in [0.1, 0.15) is 96.6 Å². The Morgan fingerprint density at radius 3 is 2.58 bits per heavy atom. The molecule has 1 aromatic rings. The summed E-state index contributed by atoms with van der Waals surface area (Å²) in [5.74, 6) is 0.769. The van der Waals surface area contributed by atoms with E-state index in [0.717, 1.165) is 49.7 Å². The third kappa shape index (κ3) is 8.73. The molecule has 3 heterocycles. The number of fused-ring (bicyclic) bond motifs is 3. The van der Waals surface area contributed by atoms with E-state index in [4.69, 9.17) is 18.9 Å². The highest BCUT2D eigenvalue weighted by molar-refractivity contribution is 5.92. The highest BCUT2D eigenvalue weighted by Crippen LogP contribution is 2.47. The average molecular weight is 695 g/mol. The Balaban J connectivity index is 1.32. The molecule has 0 aromatic heterocycles. The van der Waals surface area contributed by atoms with Crippen LogP contribution in [-0.4, -0.2) is 82.9 Å². The molecule has 4 aliphatic rings. The predicted octanol–water partition coefficient (Wildman–Crippen LogP) is 5.77. The normalized spacial score (nSPS) is 24.4. The van der Waals surface area contributed by atoms with Crippen LogP contribution in [0.15, 0.2) is 37.4 Å². The molecule has 0 radical (unpaired) electrons. The zero-order chi connectivity index (χ0) is 36.1. The number of carbonyl (C=O) groups is 4. The van der Waals surface area contributed by atoms with Gasteiger partial charge in [0.2, 0.25) is 11.8 Å². The molecule has 12 nitrogen and oxygen atoms in total. The van der Waals surface area contributed by atoms with Crippen molar-refractivity contribution in [3.63, 3.8) is 0 Å². The van der Waals surface area contributed by atoms with Gasteiger partial charge in [0, 0.05) is 36.4 Å². The summed E-state index contributed by atoms with van der Waals surface area (Å²) in [6.07, 6.45) is 7.79. The highest BCUT2D eigenvalue weighted by Gasteiger charge is 2.54. The Morgan fingerprint density at radius 1 is 1.10 bits per heavy atom. The van der Waals surface area contributed by atoms with Crippen molar-refractivity contribution in [1.29, 1.82) is 0 Å². The molecule has 3 aliphatic heterocycles. The first kappa shape index (κ1) is 37.0. The summed E-state index contributed by atoms with van der Waals surface area (Å²) in [5.41, 5.74) is 0.691. The van der Waals surface area contributed by atoms with Crippen LogP contribution < -0.4 is 20.1 Å². The molecule has 0 unspecified atom stereocenters. The first-order valence-corrected chi connectivity index (χ1v) is 18.1. The van der Waals surface area contributed by atoms with E-state index in [1.54, 1.807) is 25.7 Å². The number of carbonyl (C=O) groups excluding carboxylic acids is 4. The van der Waals surface area contributed by atoms with Crippen molar-refractivity contribution in [2.24, 2.45) is 5.92 Å². The van der Waals surface area contributed by atoms with Crippen LogP contribution in [0.4, 0.5) is 9.59 Å². The lowest BCUT2D eigenvalue weighted by Gasteiger charge is -2.30. The number of benzene rings is 1. The summed E-state index contributed by atoms with van der Waals surface area (Å²) in [6.45, 7) is 16.7. The van der Waals surface area contributed by atoms with Gasteiger partial charge >= 0.3 is 12.2 Å². The molecule has 12 heteroatoms. The molecule has 5 rings (SSSR count). The van der Waals surface area contributed by atoms with E-state index in [9.17, 15) is 19.2 Å². The predicted molar refractivity (Wildman–Crippen MR) is 188 cm³/mol. The second kappa shape index (κ2) is 15.8. The molecule has 4 amide bonds. The van der Waals surface area contributed by atoms with Gasteiger partial charge in [0.25, 0.3) is 0 Å². The van der Waals surface area contributed by atoms with Gasteiger partial charge < -0.3 is 34.5 Å². The Morgan fingerprint density at radius 2 is 1.88 bits per heavy atom. The number of allylic oxidation sites excluding steroid dienone is 1. The summed E-state index contributed by atoms with van der Waals surface area (Å²) in [7, 11) is 0. The van der Waals surface area contributed by atoms with Crippen molar-refractivity contribution in [2.45, 2.75) is 128 Å². The van der Waals surface area contributed by atoms with Crippen LogP contribution >= 0.6 is 0 Å². The third-order valence-corrected chi connectivity index (χ3v) is 10.0. The first-order valence-electron chi connectivity index (χ1n) is 18.1. The van der Waals surface area contributed by atoms with Gasteiger partial charge in [0.05, 0.1) is 26.3 Å². The number of likely N-dealkylation sites (tertiary alicyclic amines) is 1. The number of ether oxygens (including phenoxy) is 4. The number of hydrogen-bond donors (Lipinski definition) is 2. The summed E-state index contributed by atoms with van der Waals surface area (Å²) in [4.78, 5) is 57.9. The SMILES string of the molecule is C=CCCCCC[C@H](NC(=O)OC(C)(C)C)C(=O)N1C[C@H](OC(=O)N2Cc3ccc4c(c3C2)OCCCO4)C[C@H]1C(=O)N[C@]1(CC)C[C@H]1C=C.